The molecule has 0 amide bonds. The van der Waals surface area contributed by atoms with Gasteiger partial charge in [0.25, 0.3) is 0 Å². The topological polar surface area (TPSA) is 41.9 Å². The molecule has 8 aliphatic rings. The lowest BCUT2D eigenvalue weighted by Crippen LogP contribution is -2.71. The molecular formula is C22H33NO3. The van der Waals surface area contributed by atoms with Gasteiger partial charge in [-0.1, -0.05) is 13.3 Å². The quantitative estimate of drug-likeness (QED) is 0.722. The van der Waals surface area contributed by atoms with E-state index in [1.165, 1.54) is 51.5 Å². The minimum absolute atomic E-state index is 0.0977. The van der Waals surface area contributed by atoms with E-state index >= 15 is 0 Å². The second kappa shape index (κ2) is 4.37. The lowest BCUT2D eigenvalue weighted by atomic mass is 9.38. The number of aliphatic hydroxyl groups excluding tert-OH is 1. The van der Waals surface area contributed by atoms with Gasteiger partial charge in [-0.25, -0.2) is 0 Å². The first-order chi connectivity index (χ1) is 12.5. The minimum Gasteiger partial charge on any atom is -0.389 e. The summed E-state index contributed by atoms with van der Waals surface area (Å²) in [6, 6.07) is 0.705. The molecule has 6 saturated carbocycles. The van der Waals surface area contributed by atoms with Gasteiger partial charge in [0.15, 0.2) is 0 Å². The van der Waals surface area contributed by atoms with Crippen LogP contribution < -0.4 is 0 Å². The summed E-state index contributed by atoms with van der Waals surface area (Å²) in [5.74, 6) is 2.78. The highest BCUT2D eigenvalue weighted by molar-refractivity contribution is 5.34. The number of nitrogens with zero attached hydrogens (tertiary/aromatic N) is 1. The van der Waals surface area contributed by atoms with Gasteiger partial charge in [0.1, 0.15) is 12.4 Å². The second-order valence-corrected chi connectivity index (χ2v) is 11.5. The molecule has 0 aromatic heterocycles. The first-order valence-electron chi connectivity index (χ1n) is 11.1. The number of piperidine rings is 1. The molecule has 3 spiro atoms. The van der Waals surface area contributed by atoms with Crippen molar-refractivity contribution in [1.29, 1.82) is 0 Å². The van der Waals surface area contributed by atoms with E-state index in [9.17, 15) is 5.11 Å². The summed E-state index contributed by atoms with van der Waals surface area (Å²) in [5.41, 5.74) is 0.693. The van der Waals surface area contributed by atoms with Crippen LogP contribution in [0.1, 0.15) is 51.9 Å². The number of fused-ring (bicyclic) bond motifs is 1. The fraction of sp³-hybridized carbons (Fsp3) is 1.00. The maximum atomic E-state index is 11.9. The van der Waals surface area contributed by atoms with Gasteiger partial charge in [-0.05, 0) is 80.1 Å². The van der Waals surface area contributed by atoms with Crippen LogP contribution in [-0.4, -0.2) is 54.7 Å². The molecule has 144 valence electrons. The van der Waals surface area contributed by atoms with Crippen molar-refractivity contribution in [3.05, 3.63) is 0 Å². The van der Waals surface area contributed by atoms with E-state index in [-0.39, 0.29) is 17.1 Å². The molecule has 0 aromatic carbocycles. The van der Waals surface area contributed by atoms with Crippen molar-refractivity contribution < 1.29 is 14.6 Å². The maximum Gasteiger partial charge on any atom is 0.147 e. The Hall–Kier alpha value is -0.160. The van der Waals surface area contributed by atoms with E-state index in [1.54, 1.807) is 0 Å². The normalized spacial score (nSPS) is 68.0. The van der Waals surface area contributed by atoms with Crippen molar-refractivity contribution in [3.63, 3.8) is 0 Å². The zero-order valence-electron chi connectivity index (χ0n) is 16.2. The number of hydrogen-bond donors (Lipinski definition) is 1. The molecule has 2 saturated heterocycles. The highest BCUT2D eigenvalue weighted by atomic mass is 16.7. The van der Waals surface area contributed by atoms with E-state index < -0.39 is 0 Å². The van der Waals surface area contributed by atoms with Crippen LogP contribution in [0.3, 0.4) is 0 Å². The molecular weight excluding hydrogens is 326 g/mol. The Labute approximate surface area is 156 Å². The fourth-order valence-electron chi connectivity index (χ4n) is 10.9. The van der Waals surface area contributed by atoms with Crippen LogP contribution in [0.25, 0.3) is 0 Å². The van der Waals surface area contributed by atoms with E-state index in [2.05, 4.69) is 18.9 Å². The largest absolute Gasteiger partial charge is 0.389 e. The van der Waals surface area contributed by atoms with Gasteiger partial charge in [-0.3, -0.25) is 0 Å². The van der Waals surface area contributed by atoms with Crippen LogP contribution in [0.5, 0.6) is 0 Å². The molecule has 2 heterocycles. The summed E-state index contributed by atoms with van der Waals surface area (Å²) in [5, 5.41) is 11.9. The van der Waals surface area contributed by atoms with Crippen LogP contribution in [0.4, 0.5) is 0 Å². The summed E-state index contributed by atoms with van der Waals surface area (Å²) in [6.07, 6.45) is 9.03. The van der Waals surface area contributed by atoms with Gasteiger partial charge in [0.2, 0.25) is 0 Å². The fourth-order valence-corrected chi connectivity index (χ4v) is 10.9. The van der Waals surface area contributed by atoms with Gasteiger partial charge in [0.05, 0.1) is 12.7 Å². The predicted molar refractivity (Wildman–Crippen MR) is 96.3 cm³/mol. The third-order valence-corrected chi connectivity index (χ3v) is 11.2. The standard InChI is InChI=1S/C22H33NO3/c1-19-5-3-6-21-15(19)9-14(17(21)23(2)10-19)20-7-4-13(8-16(20)21)22(18(20)24)11-25-12-26-22/h13-18,24H,3-12H2,1-2H3/t13-,14-,15+,16+,17+,18-,19-,20-,21-,22-/m0/s1. The van der Waals surface area contributed by atoms with Crippen LogP contribution >= 0.6 is 0 Å². The summed E-state index contributed by atoms with van der Waals surface area (Å²) < 4.78 is 11.9. The number of ether oxygens (including phenoxy) is 2. The van der Waals surface area contributed by atoms with Crippen molar-refractivity contribution >= 4 is 0 Å². The number of likely N-dealkylation sites (tertiary alicyclic amines) is 1. The van der Waals surface area contributed by atoms with E-state index in [4.69, 9.17) is 9.47 Å². The number of aliphatic hydroxyl groups is 1. The molecule has 4 nitrogen and oxygen atoms in total. The first kappa shape index (κ1) is 15.7. The van der Waals surface area contributed by atoms with Crippen molar-refractivity contribution in [2.45, 2.75) is 69.6 Å². The third kappa shape index (κ3) is 1.30. The SMILES string of the molecule is CN1C[C@]2(C)CCC[C@@]34[C@@H]5C[C@@H]6CC[C@]5([C@H](O)[C@]65COCO5)[C@@H](C[C@H]23)[C@@H]14. The predicted octanol–water partition coefficient (Wildman–Crippen LogP) is 2.65. The van der Waals surface area contributed by atoms with Gasteiger partial charge >= 0.3 is 0 Å². The van der Waals surface area contributed by atoms with Crippen molar-refractivity contribution in [2.24, 2.45) is 39.9 Å². The molecule has 26 heavy (non-hydrogen) atoms. The Morgan fingerprint density at radius 1 is 1.08 bits per heavy atom. The molecule has 6 aliphatic carbocycles. The number of rotatable bonds is 0. The van der Waals surface area contributed by atoms with Crippen LogP contribution in [0.2, 0.25) is 0 Å². The van der Waals surface area contributed by atoms with Crippen LogP contribution in [0.15, 0.2) is 0 Å². The zero-order valence-corrected chi connectivity index (χ0v) is 16.2. The molecule has 4 heteroatoms. The maximum absolute atomic E-state index is 11.9. The van der Waals surface area contributed by atoms with Crippen molar-refractivity contribution in [3.8, 4) is 0 Å². The molecule has 8 fully saturated rings. The molecule has 10 atom stereocenters. The smallest absolute Gasteiger partial charge is 0.147 e. The van der Waals surface area contributed by atoms with E-state index in [1.807, 2.05) is 0 Å². The monoisotopic (exact) mass is 359 g/mol. The Kier molecular flexibility index (Phi) is 2.64. The number of hydrogen-bond acceptors (Lipinski definition) is 4. The highest BCUT2D eigenvalue weighted by Crippen LogP contribution is 2.84. The van der Waals surface area contributed by atoms with Crippen molar-refractivity contribution in [1.82, 2.24) is 4.90 Å². The van der Waals surface area contributed by atoms with Crippen molar-refractivity contribution in [2.75, 3.05) is 27.0 Å². The van der Waals surface area contributed by atoms with Gasteiger partial charge in [-0.2, -0.15) is 0 Å². The van der Waals surface area contributed by atoms with Crippen LogP contribution in [0, 0.1) is 39.9 Å². The summed E-state index contributed by atoms with van der Waals surface area (Å²) in [6.45, 7) is 4.86. The summed E-state index contributed by atoms with van der Waals surface area (Å²) >= 11 is 0. The Morgan fingerprint density at radius 3 is 2.77 bits per heavy atom. The average molecular weight is 360 g/mol. The van der Waals surface area contributed by atoms with E-state index in [0.717, 1.165) is 11.8 Å². The lowest BCUT2D eigenvalue weighted by Gasteiger charge is -2.69. The minimum atomic E-state index is -0.388. The Balaban J connectivity index is 1.43. The Bertz CT molecular complexity index is 676. The van der Waals surface area contributed by atoms with Gasteiger partial charge < -0.3 is 19.5 Å². The van der Waals surface area contributed by atoms with Gasteiger partial charge in [0, 0.05) is 18.0 Å². The molecule has 7 bridgehead atoms. The van der Waals surface area contributed by atoms with E-state index in [0.29, 0.717) is 42.1 Å². The molecule has 1 N–H and O–H groups in total. The third-order valence-electron chi connectivity index (χ3n) is 11.2. The second-order valence-electron chi connectivity index (χ2n) is 11.5. The molecule has 0 unspecified atom stereocenters. The molecule has 0 radical (unpaired) electrons. The molecule has 0 aromatic rings. The summed E-state index contributed by atoms with van der Waals surface area (Å²) in [7, 11) is 2.40. The Morgan fingerprint density at radius 2 is 1.96 bits per heavy atom. The highest BCUT2D eigenvalue weighted by Gasteiger charge is 2.84. The van der Waals surface area contributed by atoms with Crippen LogP contribution in [-0.2, 0) is 9.47 Å². The molecule has 8 rings (SSSR count). The first-order valence-corrected chi connectivity index (χ1v) is 11.1. The summed E-state index contributed by atoms with van der Waals surface area (Å²) in [4.78, 5) is 2.75. The van der Waals surface area contributed by atoms with Gasteiger partial charge in [-0.15, -0.1) is 0 Å². The average Bonchev–Trinajstić information content (AvgIpc) is 3.26. The zero-order chi connectivity index (χ0) is 17.5. The molecule has 2 aliphatic heterocycles. The lowest BCUT2D eigenvalue weighted by molar-refractivity contribution is -0.277.